The van der Waals surface area contributed by atoms with Crippen molar-refractivity contribution in [1.29, 1.82) is 0 Å². The second kappa shape index (κ2) is 5.28. The van der Waals surface area contributed by atoms with E-state index >= 15 is 0 Å². The van der Waals surface area contributed by atoms with E-state index in [-0.39, 0.29) is 16.8 Å². The van der Waals surface area contributed by atoms with Gasteiger partial charge in [-0.15, -0.1) is 0 Å². The number of aliphatic hydroxyl groups excluding tert-OH is 1. The smallest absolute Gasteiger partial charge is 0.252 e. The predicted molar refractivity (Wildman–Crippen MR) is 63.8 cm³/mol. The van der Waals surface area contributed by atoms with Crippen LogP contribution in [0.25, 0.3) is 0 Å². The van der Waals surface area contributed by atoms with Gasteiger partial charge in [0.15, 0.2) is 0 Å². The molecule has 0 saturated carbocycles. The van der Waals surface area contributed by atoms with E-state index in [1.54, 1.807) is 0 Å². The van der Waals surface area contributed by atoms with Crippen LogP contribution in [0.2, 0.25) is 0 Å². The molecule has 0 fully saturated rings. The van der Waals surface area contributed by atoms with E-state index in [1.807, 2.05) is 0 Å². The number of carbonyl (C=O) groups is 3. The first-order valence-corrected chi connectivity index (χ1v) is 5.05. The Bertz CT molecular complexity index is 479. The molecule has 1 rings (SSSR count). The van der Waals surface area contributed by atoms with E-state index in [0.717, 1.165) is 0 Å². The number of primary amides is 2. The number of nitrogens with one attached hydrogen (secondary N) is 1. The van der Waals surface area contributed by atoms with Crippen molar-refractivity contribution in [2.45, 2.75) is 13.0 Å². The lowest BCUT2D eigenvalue weighted by atomic mass is 10.1. The van der Waals surface area contributed by atoms with Crippen LogP contribution >= 0.6 is 0 Å². The van der Waals surface area contributed by atoms with Crippen LogP contribution in [-0.2, 0) is 4.79 Å². The first-order chi connectivity index (χ1) is 8.31. The Balaban J connectivity index is 3.15. The zero-order valence-electron chi connectivity index (χ0n) is 9.64. The fraction of sp³-hybridized carbons (Fsp3) is 0.182. The van der Waals surface area contributed by atoms with Crippen molar-refractivity contribution in [1.82, 2.24) is 0 Å². The average molecular weight is 251 g/mol. The molecule has 0 aliphatic heterocycles. The van der Waals surface area contributed by atoms with Crippen molar-refractivity contribution in [3.63, 3.8) is 0 Å². The van der Waals surface area contributed by atoms with Gasteiger partial charge in [0.1, 0.15) is 6.10 Å². The minimum absolute atomic E-state index is 0.0344. The molecule has 0 radical (unpaired) electrons. The lowest BCUT2D eigenvalue weighted by Gasteiger charge is -2.09. The van der Waals surface area contributed by atoms with Crippen molar-refractivity contribution in [2.24, 2.45) is 11.5 Å². The number of rotatable bonds is 4. The molecular formula is C11H13N3O4. The van der Waals surface area contributed by atoms with E-state index in [0.29, 0.717) is 0 Å². The van der Waals surface area contributed by atoms with Crippen LogP contribution in [0.3, 0.4) is 0 Å². The summed E-state index contributed by atoms with van der Waals surface area (Å²) in [5.74, 6) is -2.19. The van der Waals surface area contributed by atoms with Crippen LogP contribution in [0.1, 0.15) is 27.6 Å². The number of anilines is 1. The first kappa shape index (κ1) is 13.7. The topological polar surface area (TPSA) is 136 Å². The summed E-state index contributed by atoms with van der Waals surface area (Å²) in [4.78, 5) is 33.4. The molecule has 7 nitrogen and oxygen atoms in total. The average Bonchev–Trinajstić information content (AvgIpc) is 2.28. The van der Waals surface area contributed by atoms with Gasteiger partial charge in [0.05, 0.1) is 0 Å². The van der Waals surface area contributed by atoms with Crippen LogP contribution in [-0.4, -0.2) is 28.9 Å². The van der Waals surface area contributed by atoms with Crippen molar-refractivity contribution < 1.29 is 19.5 Å². The monoisotopic (exact) mass is 251 g/mol. The van der Waals surface area contributed by atoms with E-state index in [4.69, 9.17) is 16.6 Å². The van der Waals surface area contributed by atoms with Gasteiger partial charge < -0.3 is 21.9 Å². The summed E-state index contributed by atoms with van der Waals surface area (Å²) in [7, 11) is 0. The highest BCUT2D eigenvalue weighted by molar-refractivity contribution is 6.02. The molecule has 1 aromatic carbocycles. The van der Waals surface area contributed by atoms with Crippen LogP contribution in [0.15, 0.2) is 18.2 Å². The molecule has 0 heterocycles. The van der Waals surface area contributed by atoms with Crippen molar-refractivity contribution in [2.75, 3.05) is 5.32 Å². The van der Waals surface area contributed by atoms with E-state index in [9.17, 15) is 14.4 Å². The maximum absolute atomic E-state index is 11.3. The van der Waals surface area contributed by atoms with E-state index < -0.39 is 23.8 Å². The highest BCUT2D eigenvalue weighted by Gasteiger charge is 2.13. The normalized spacial score (nSPS) is 11.7. The second-order valence-corrected chi connectivity index (χ2v) is 3.69. The fourth-order valence-corrected chi connectivity index (χ4v) is 1.23. The number of carbonyl (C=O) groups excluding carboxylic acids is 3. The first-order valence-electron chi connectivity index (χ1n) is 5.05. The predicted octanol–water partition coefficient (Wildman–Crippen LogP) is -0.796. The maximum Gasteiger partial charge on any atom is 0.252 e. The fourth-order valence-electron chi connectivity index (χ4n) is 1.23. The number of aliphatic hydroxyl groups is 1. The Morgan fingerprint density at radius 3 is 1.89 bits per heavy atom. The Kier molecular flexibility index (Phi) is 4.01. The van der Waals surface area contributed by atoms with Crippen LogP contribution in [0, 0.1) is 0 Å². The molecule has 0 bridgehead atoms. The molecule has 0 aromatic heterocycles. The van der Waals surface area contributed by atoms with Gasteiger partial charge in [0.25, 0.3) is 5.91 Å². The van der Waals surface area contributed by atoms with Crippen LogP contribution in [0.4, 0.5) is 5.69 Å². The molecule has 1 unspecified atom stereocenters. The maximum atomic E-state index is 11.3. The van der Waals surface area contributed by atoms with Gasteiger partial charge in [-0.05, 0) is 25.1 Å². The molecule has 1 atom stereocenters. The molecule has 0 aliphatic rings. The Morgan fingerprint density at radius 2 is 1.56 bits per heavy atom. The molecule has 3 amide bonds. The lowest BCUT2D eigenvalue weighted by Crippen LogP contribution is -2.25. The zero-order chi connectivity index (χ0) is 13.9. The van der Waals surface area contributed by atoms with Crippen molar-refractivity contribution in [3.8, 4) is 0 Å². The minimum Gasteiger partial charge on any atom is -0.384 e. The lowest BCUT2D eigenvalue weighted by molar-refractivity contribution is -0.123. The van der Waals surface area contributed by atoms with Gasteiger partial charge in [0, 0.05) is 16.8 Å². The molecule has 1 aromatic rings. The molecule has 6 N–H and O–H groups in total. The second-order valence-electron chi connectivity index (χ2n) is 3.69. The quantitative estimate of drug-likeness (QED) is 0.557. The number of benzene rings is 1. The summed E-state index contributed by atoms with van der Waals surface area (Å²) in [6.45, 7) is 1.28. The highest BCUT2D eigenvalue weighted by Crippen LogP contribution is 2.15. The highest BCUT2D eigenvalue weighted by atomic mass is 16.3. The molecule has 0 spiro atoms. The SMILES string of the molecule is CC(O)C(=O)Nc1cc(C(N)=O)cc(C(N)=O)c1. The third kappa shape index (κ3) is 3.29. The van der Waals surface area contributed by atoms with Gasteiger partial charge in [-0.3, -0.25) is 14.4 Å². The summed E-state index contributed by atoms with van der Waals surface area (Å²) in [6.07, 6.45) is -1.22. The third-order valence-electron chi connectivity index (χ3n) is 2.15. The molecule has 7 heteroatoms. The van der Waals surface area contributed by atoms with Crippen LogP contribution in [0.5, 0.6) is 0 Å². The standard InChI is InChI=1S/C11H13N3O4/c1-5(15)11(18)14-8-3-6(9(12)16)2-7(4-8)10(13)17/h2-5,15H,1H3,(H2,12,16)(H2,13,17)(H,14,18). The summed E-state index contributed by atoms with van der Waals surface area (Å²) in [5, 5.41) is 11.4. The summed E-state index contributed by atoms with van der Waals surface area (Å²) < 4.78 is 0. The zero-order valence-corrected chi connectivity index (χ0v) is 9.64. The number of hydrogen-bond acceptors (Lipinski definition) is 4. The van der Waals surface area contributed by atoms with Gasteiger partial charge in [-0.2, -0.15) is 0 Å². The molecule has 0 saturated heterocycles. The molecule has 18 heavy (non-hydrogen) atoms. The molecular weight excluding hydrogens is 238 g/mol. The third-order valence-corrected chi connectivity index (χ3v) is 2.15. The minimum atomic E-state index is -1.22. The summed E-state index contributed by atoms with van der Waals surface area (Å²) in [6, 6.07) is 3.80. The van der Waals surface area contributed by atoms with Crippen molar-refractivity contribution in [3.05, 3.63) is 29.3 Å². The van der Waals surface area contributed by atoms with Gasteiger partial charge in [0.2, 0.25) is 11.8 Å². The Morgan fingerprint density at radius 1 is 1.11 bits per heavy atom. The number of amides is 3. The molecule has 96 valence electrons. The van der Waals surface area contributed by atoms with Gasteiger partial charge in [-0.1, -0.05) is 0 Å². The number of nitrogens with two attached hydrogens (primary N) is 2. The summed E-state index contributed by atoms with van der Waals surface area (Å²) >= 11 is 0. The van der Waals surface area contributed by atoms with Crippen molar-refractivity contribution >= 4 is 23.4 Å². The largest absolute Gasteiger partial charge is 0.384 e. The number of hydrogen-bond donors (Lipinski definition) is 4. The van der Waals surface area contributed by atoms with Gasteiger partial charge in [-0.25, -0.2) is 0 Å². The van der Waals surface area contributed by atoms with Gasteiger partial charge >= 0.3 is 0 Å². The Labute approximate surface area is 103 Å². The van der Waals surface area contributed by atoms with E-state index in [2.05, 4.69) is 5.32 Å². The van der Waals surface area contributed by atoms with E-state index in [1.165, 1.54) is 25.1 Å². The van der Waals surface area contributed by atoms with Crippen LogP contribution < -0.4 is 16.8 Å². The molecule has 0 aliphatic carbocycles. The summed E-state index contributed by atoms with van der Waals surface area (Å²) in [5.41, 5.74) is 10.4. The Hall–Kier alpha value is -2.41.